The molecule has 0 saturated carbocycles. The third-order valence-electron chi connectivity index (χ3n) is 3.93. The quantitative estimate of drug-likeness (QED) is 0.586. The average Bonchev–Trinajstić information content (AvgIpc) is 3.23. The van der Waals surface area contributed by atoms with E-state index in [2.05, 4.69) is 15.5 Å². The first-order valence-corrected chi connectivity index (χ1v) is 8.51. The second kappa shape index (κ2) is 8.57. The lowest BCUT2D eigenvalue weighted by Crippen LogP contribution is -2.31. The molecule has 1 amide bonds. The van der Waals surface area contributed by atoms with E-state index < -0.39 is 24.3 Å². The predicted molar refractivity (Wildman–Crippen MR) is 97.3 cm³/mol. The lowest BCUT2D eigenvalue weighted by Gasteiger charge is -2.18. The van der Waals surface area contributed by atoms with Gasteiger partial charge in [-0.25, -0.2) is 9.18 Å². The third kappa shape index (κ3) is 4.32. The van der Waals surface area contributed by atoms with Crippen LogP contribution in [0, 0.1) is 5.82 Å². The Morgan fingerprint density at radius 2 is 2.00 bits per heavy atom. The Hall–Kier alpha value is -3.33. The number of para-hydroxylation sites is 1. The van der Waals surface area contributed by atoms with E-state index in [1.165, 1.54) is 47.2 Å². The maximum Gasteiger partial charge on any atom is 0.340 e. The molecule has 3 rings (SSSR count). The SMILES string of the molecule is CN(Cc1c(F)cccc1Cl)C(=O)COC(=O)c1ccccc1-n1cnnn1. The number of halogens is 2. The molecule has 0 N–H and O–H groups in total. The first kappa shape index (κ1) is 19.4. The van der Waals surface area contributed by atoms with E-state index in [9.17, 15) is 14.0 Å². The fourth-order valence-electron chi connectivity index (χ4n) is 2.44. The highest BCUT2D eigenvalue weighted by atomic mass is 35.5. The number of hydrogen-bond acceptors (Lipinski definition) is 6. The number of benzene rings is 2. The van der Waals surface area contributed by atoms with Crippen molar-refractivity contribution in [3.05, 3.63) is 70.8 Å². The van der Waals surface area contributed by atoms with E-state index in [-0.39, 0.29) is 22.7 Å². The number of amides is 1. The summed E-state index contributed by atoms with van der Waals surface area (Å²) in [6.45, 7) is -0.561. The molecule has 0 radical (unpaired) electrons. The number of esters is 1. The summed E-state index contributed by atoms with van der Waals surface area (Å²) in [6.07, 6.45) is 1.34. The van der Waals surface area contributed by atoms with Crippen LogP contribution in [0.1, 0.15) is 15.9 Å². The van der Waals surface area contributed by atoms with Crippen molar-refractivity contribution in [1.29, 1.82) is 0 Å². The van der Waals surface area contributed by atoms with E-state index >= 15 is 0 Å². The molecule has 0 atom stereocenters. The van der Waals surface area contributed by atoms with Gasteiger partial charge in [0.05, 0.1) is 11.3 Å². The predicted octanol–water partition coefficient (Wildman–Crippen LogP) is 2.27. The van der Waals surface area contributed by atoms with Gasteiger partial charge in [-0.3, -0.25) is 4.79 Å². The molecule has 0 aliphatic rings. The van der Waals surface area contributed by atoms with Gasteiger partial charge in [0.2, 0.25) is 0 Å². The van der Waals surface area contributed by atoms with Gasteiger partial charge in [-0.1, -0.05) is 29.8 Å². The number of hydrogen-bond donors (Lipinski definition) is 0. The highest BCUT2D eigenvalue weighted by Crippen LogP contribution is 2.20. The van der Waals surface area contributed by atoms with Crippen molar-refractivity contribution >= 4 is 23.5 Å². The van der Waals surface area contributed by atoms with Crippen molar-refractivity contribution in [2.45, 2.75) is 6.54 Å². The van der Waals surface area contributed by atoms with Gasteiger partial charge >= 0.3 is 5.97 Å². The number of carbonyl (C=O) groups excluding carboxylic acids is 2. The molecule has 0 spiro atoms. The van der Waals surface area contributed by atoms with Crippen LogP contribution in [0.25, 0.3) is 5.69 Å². The minimum Gasteiger partial charge on any atom is -0.452 e. The van der Waals surface area contributed by atoms with E-state index in [0.29, 0.717) is 5.69 Å². The van der Waals surface area contributed by atoms with Gasteiger partial charge in [-0.05, 0) is 34.7 Å². The number of ether oxygens (including phenoxy) is 1. The molecule has 8 nitrogen and oxygen atoms in total. The van der Waals surface area contributed by atoms with E-state index in [1.54, 1.807) is 18.2 Å². The number of tetrazole rings is 1. The van der Waals surface area contributed by atoms with Crippen LogP contribution in [0.15, 0.2) is 48.8 Å². The van der Waals surface area contributed by atoms with Gasteiger partial charge < -0.3 is 9.64 Å². The average molecular weight is 404 g/mol. The Labute approximate surface area is 164 Å². The molecule has 1 aromatic heterocycles. The summed E-state index contributed by atoms with van der Waals surface area (Å²) in [4.78, 5) is 25.9. The van der Waals surface area contributed by atoms with Crippen LogP contribution >= 0.6 is 11.6 Å². The van der Waals surface area contributed by atoms with Gasteiger partial charge in [-0.2, -0.15) is 4.68 Å². The summed E-state index contributed by atoms with van der Waals surface area (Å²) in [5.41, 5.74) is 0.800. The Balaban J connectivity index is 1.64. The normalized spacial score (nSPS) is 10.5. The highest BCUT2D eigenvalue weighted by molar-refractivity contribution is 6.31. The lowest BCUT2D eigenvalue weighted by molar-refractivity contribution is -0.133. The number of carbonyl (C=O) groups is 2. The van der Waals surface area contributed by atoms with Crippen LogP contribution < -0.4 is 0 Å². The van der Waals surface area contributed by atoms with Gasteiger partial charge in [-0.15, -0.1) is 5.10 Å². The zero-order chi connectivity index (χ0) is 20.1. The zero-order valence-corrected chi connectivity index (χ0v) is 15.5. The molecule has 1 heterocycles. The topological polar surface area (TPSA) is 90.2 Å². The van der Waals surface area contributed by atoms with Crippen molar-refractivity contribution in [3.63, 3.8) is 0 Å². The molecule has 0 saturated heterocycles. The maximum atomic E-state index is 13.9. The van der Waals surface area contributed by atoms with E-state index in [1.807, 2.05) is 0 Å². The Bertz CT molecular complexity index is 976. The maximum absolute atomic E-state index is 13.9. The monoisotopic (exact) mass is 403 g/mol. The Morgan fingerprint density at radius 3 is 2.71 bits per heavy atom. The molecule has 3 aromatic rings. The summed E-state index contributed by atoms with van der Waals surface area (Å²) < 4.78 is 20.3. The number of nitrogens with zero attached hydrogens (tertiary/aromatic N) is 5. The molecule has 28 heavy (non-hydrogen) atoms. The first-order valence-electron chi connectivity index (χ1n) is 8.13. The van der Waals surface area contributed by atoms with Crippen molar-refractivity contribution in [2.75, 3.05) is 13.7 Å². The molecule has 0 unspecified atom stereocenters. The molecule has 2 aromatic carbocycles. The molecule has 10 heteroatoms. The Morgan fingerprint density at radius 1 is 1.21 bits per heavy atom. The zero-order valence-electron chi connectivity index (χ0n) is 14.7. The van der Waals surface area contributed by atoms with Crippen LogP contribution in [0.2, 0.25) is 5.02 Å². The van der Waals surface area contributed by atoms with Crippen LogP contribution in [-0.4, -0.2) is 50.6 Å². The van der Waals surface area contributed by atoms with E-state index in [4.69, 9.17) is 16.3 Å². The molecule has 144 valence electrons. The minimum absolute atomic E-state index is 0.0525. The van der Waals surface area contributed by atoms with Gasteiger partial charge in [0.15, 0.2) is 6.61 Å². The summed E-state index contributed by atoms with van der Waals surface area (Å²) in [5.74, 6) is -1.73. The summed E-state index contributed by atoms with van der Waals surface area (Å²) in [6, 6.07) is 10.8. The van der Waals surface area contributed by atoms with Crippen LogP contribution in [0.3, 0.4) is 0 Å². The van der Waals surface area contributed by atoms with Crippen molar-refractivity contribution < 1.29 is 18.7 Å². The molecular weight excluding hydrogens is 389 g/mol. The summed E-state index contributed by atoms with van der Waals surface area (Å²) in [5, 5.41) is 11.0. The third-order valence-corrected chi connectivity index (χ3v) is 4.28. The molecule has 0 bridgehead atoms. The fraction of sp³-hybridized carbons (Fsp3) is 0.167. The number of likely N-dealkylation sites (N-methyl/N-ethyl adjacent to an activating group) is 1. The second-order valence-electron chi connectivity index (χ2n) is 5.80. The first-order chi connectivity index (χ1) is 13.5. The van der Waals surface area contributed by atoms with Crippen LogP contribution in [-0.2, 0) is 16.1 Å². The minimum atomic E-state index is -0.711. The summed E-state index contributed by atoms with van der Waals surface area (Å²) in [7, 11) is 1.47. The van der Waals surface area contributed by atoms with Crippen molar-refractivity contribution in [3.8, 4) is 5.69 Å². The van der Waals surface area contributed by atoms with Gasteiger partial charge in [0, 0.05) is 24.2 Å². The molecule has 0 aliphatic carbocycles. The lowest BCUT2D eigenvalue weighted by atomic mass is 10.2. The standard InChI is InChI=1S/C18H15ClFN5O3/c1-24(9-13-14(19)6-4-7-15(13)20)17(26)10-28-18(27)12-5-2-3-8-16(12)25-11-21-22-23-25/h2-8,11H,9-10H2,1H3. The molecule has 0 aliphatic heterocycles. The van der Waals surface area contributed by atoms with Gasteiger partial charge in [0.1, 0.15) is 12.1 Å². The van der Waals surface area contributed by atoms with Gasteiger partial charge in [0.25, 0.3) is 5.91 Å². The fourth-order valence-corrected chi connectivity index (χ4v) is 2.66. The Kier molecular flexibility index (Phi) is 5.95. The van der Waals surface area contributed by atoms with Crippen LogP contribution in [0.5, 0.6) is 0 Å². The smallest absolute Gasteiger partial charge is 0.340 e. The van der Waals surface area contributed by atoms with Crippen molar-refractivity contribution in [1.82, 2.24) is 25.1 Å². The van der Waals surface area contributed by atoms with E-state index in [0.717, 1.165) is 0 Å². The number of rotatable bonds is 6. The number of aromatic nitrogens is 4. The largest absolute Gasteiger partial charge is 0.452 e. The van der Waals surface area contributed by atoms with Crippen LogP contribution in [0.4, 0.5) is 4.39 Å². The second-order valence-corrected chi connectivity index (χ2v) is 6.20. The van der Waals surface area contributed by atoms with Crippen molar-refractivity contribution in [2.24, 2.45) is 0 Å². The molecule has 0 fully saturated rings. The molecular formula is C18H15ClFN5O3. The summed E-state index contributed by atoms with van der Waals surface area (Å²) >= 11 is 5.97. The highest BCUT2D eigenvalue weighted by Gasteiger charge is 2.19.